The van der Waals surface area contributed by atoms with E-state index in [9.17, 15) is 9.59 Å². The van der Waals surface area contributed by atoms with Crippen molar-refractivity contribution in [3.63, 3.8) is 0 Å². The van der Waals surface area contributed by atoms with Gasteiger partial charge in [0.05, 0.1) is 5.41 Å². The van der Waals surface area contributed by atoms with Gasteiger partial charge in [-0.05, 0) is 6.42 Å². The van der Waals surface area contributed by atoms with Crippen LogP contribution in [0.5, 0.6) is 0 Å². The first-order valence-corrected chi connectivity index (χ1v) is 3.14. The average molecular weight is 153 g/mol. The molecule has 0 aliphatic heterocycles. The van der Waals surface area contributed by atoms with E-state index in [1.54, 1.807) is 6.29 Å². The van der Waals surface area contributed by atoms with E-state index in [2.05, 4.69) is 6.58 Å². The smallest absolute Gasteiger partial charge is 0.229 e. The highest BCUT2D eigenvalue weighted by atomic mass is 16.2. The average Bonchev–Trinajstić information content (AvgIpc) is 2.59. The molecule has 0 aromatic heterocycles. The summed E-state index contributed by atoms with van der Waals surface area (Å²) in [7, 11) is 0. The maximum absolute atomic E-state index is 10.8. The molecule has 1 rings (SSSR count). The predicted molar refractivity (Wildman–Crippen MR) is 39.1 cm³/mol. The van der Waals surface area contributed by atoms with Crippen molar-refractivity contribution >= 4 is 12.2 Å². The summed E-state index contributed by atoms with van der Waals surface area (Å²) < 4.78 is 0. The van der Waals surface area contributed by atoms with Gasteiger partial charge in [0.2, 0.25) is 12.2 Å². The van der Waals surface area contributed by atoms with Crippen LogP contribution in [0.1, 0.15) is 6.42 Å². The molecule has 1 saturated carbocycles. The summed E-state index contributed by atoms with van der Waals surface area (Å²) in [4.78, 5) is 21.0. The van der Waals surface area contributed by atoms with Crippen LogP contribution < -0.4 is 11.5 Å². The van der Waals surface area contributed by atoms with Crippen LogP contribution in [0.15, 0.2) is 12.7 Å². The van der Waals surface area contributed by atoms with Crippen molar-refractivity contribution in [1.29, 1.82) is 0 Å². The fourth-order valence-corrected chi connectivity index (χ4v) is 1.18. The zero-order valence-electron chi connectivity index (χ0n) is 5.96. The van der Waals surface area contributed by atoms with Crippen LogP contribution in [0, 0.1) is 5.41 Å². The molecule has 1 fully saturated rings. The normalized spacial score (nSPS) is 41.2. The lowest BCUT2D eigenvalue weighted by molar-refractivity contribution is -0.121. The van der Waals surface area contributed by atoms with E-state index in [1.807, 2.05) is 0 Å². The molecule has 0 saturated heterocycles. The van der Waals surface area contributed by atoms with Crippen molar-refractivity contribution in [2.24, 2.45) is 16.9 Å². The fourth-order valence-electron chi connectivity index (χ4n) is 1.18. The molecule has 2 atom stereocenters. The Bertz CT molecular complexity index is 239. The third kappa shape index (κ3) is 0.728. The summed E-state index contributed by atoms with van der Waals surface area (Å²) in [6.07, 6.45) is 3.14. The Balaban J connectivity index is 2.95. The van der Waals surface area contributed by atoms with Crippen LogP contribution in [-0.2, 0) is 9.59 Å². The Morgan fingerprint density at radius 2 is 2.27 bits per heavy atom. The van der Waals surface area contributed by atoms with Crippen LogP contribution in [0.2, 0.25) is 0 Å². The van der Waals surface area contributed by atoms with E-state index in [0.717, 1.165) is 0 Å². The van der Waals surface area contributed by atoms with Crippen LogP contribution in [0.4, 0.5) is 0 Å². The Labute approximate surface area is 64.2 Å². The third-order valence-corrected chi connectivity index (χ3v) is 2.20. The molecule has 11 heavy (non-hydrogen) atoms. The summed E-state index contributed by atoms with van der Waals surface area (Å²) in [5.74, 6) is -0.613. The lowest BCUT2D eigenvalue weighted by Crippen LogP contribution is -2.39. The first kappa shape index (κ1) is 7.94. The molecular weight excluding hydrogens is 144 g/mol. The van der Waals surface area contributed by atoms with E-state index >= 15 is 0 Å². The number of carbonyl (C=O) groups is 1. The number of nitrogens with two attached hydrogens (primary N) is 2. The van der Waals surface area contributed by atoms with Crippen molar-refractivity contribution < 1.29 is 9.59 Å². The van der Waals surface area contributed by atoms with E-state index in [-0.39, 0.29) is 6.42 Å². The second-order valence-corrected chi connectivity index (χ2v) is 2.79. The number of rotatable bonds is 3. The van der Waals surface area contributed by atoms with E-state index < -0.39 is 16.9 Å². The molecule has 1 amide bonds. The van der Waals surface area contributed by atoms with Gasteiger partial charge < -0.3 is 11.5 Å². The quantitative estimate of drug-likeness (QED) is 0.502. The molecule has 4 nitrogen and oxygen atoms in total. The molecule has 4 N–H and O–H groups in total. The minimum atomic E-state index is -1.22. The van der Waals surface area contributed by atoms with E-state index in [0.29, 0.717) is 0 Å². The van der Waals surface area contributed by atoms with Gasteiger partial charge in [0.25, 0.3) is 0 Å². The van der Waals surface area contributed by atoms with Gasteiger partial charge >= 0.3 is 0 Å². The largest absolute Gasteiger partial charge is 0.369 e. The summed E-state index contributed by atoms with van der Waals surface area (Å²) in [5, 5.41) is 0. The Morgan fingerprint density at radius 1 is 1.73 bits per heavy atom. The lowest BCUT2D eigenvalue weighted by Gasteiger charge is -2.08. The first-order chi connectivity index (χ1) is 5.02. The third-order valence-electron chi connectivity index (χ3n) is 2.20. The SMILES string of the molecule is C=CC1(C(N)=O)CC1(N)[C]=O. The standard InChI is InChI=1S/C7H9N2O2/c1-2-6(5(8)11)3-7(6,9)4-10/h2H,1,3,9H2,(H2,8,11). The molecule has 2 unspecified atom stereocenters. The summed E-state index contributed by atoms with van der Waals surface area (Å²) in [5.41, 5.74) is 8.20. The summed E-state index contributed by atoms with van der Waals surface area (Å²) >= 11 is 0. The zero-order valence-corrected chi connectivity index (χ0v) is 5.96. The van der Waals surface area contributed by atoms with Crippen molar-refractivity contribution in [1.82, 2.24) is 0 Å². The second kappa shape index (κ2) is 1.92. The van der Waals surface area contributed by atoms with Gasteiger partial charge in [0, 0.05) is 0 Å². The zero-order chi connectivity index (χ0) is 8.70. The Kier molecular flexibility index (Phi) is 1.38. The fraction of sp³-hybridized carbons (Fsp3) is 0.429. The maximum Gasteiger partial charge on any atom is 0.229 e. The number of hydrogen-bond donors (Lipinski definition) is 2. The molecule has 1 aliphatic carbocycles. The topological polar surface area (TPSA) is 86.2 Å². The van der Waals surface area contributed by atoms with Crippen molar-refractivity contribution in [3.05, 3.63) is 12.7 Å². The molecule has 0 bridgehead atoms. The minimum Gasteiger partial charge on any atom is -0.369 e. The number of hydrogen-bond acceptors (Lipinski definition) is 3. The van der Waals surface area contributed by atoms with Crippen LogP contribution in [0.25, 0.3) is 0 Å². The predicted octanol–water partition coefficient (Wildman–Crippen LogP) is -1.14. The summed E-state index contributed by atoms with van der Waals surface area (Å²) in [6.45, 7) is 3.40. The summed E-state index contributed by atoms with van der Waals surface area (Å²) in [6, 6.07) is 0. The highest BCUT2D eigenvalue weighted by molar-refractivity contribution is 5.96. The number of primary amides is 1. The van der Waals surface area contributed by atoms with E-state index in [1.165, 1.54) is 6.08 Å². The number of amides is 1. The van der Waals surface area contributed by atoms with Crippen LogP contribution in [0.3, 0.4) is 0 Å². The highest BCUT2D eigenvalue weighted by Gasteiger charge is 2.68. The van der Waals surface area contributed by atoms with Crippen molar-refractivity contribution in [2.75, 3.05) is 0 Å². The first-order valence-electron chi connectivity index (χ1n) is 3.14. The van der Waals surface area contributed by atoms with Gasteiger partial charge in [0.1, 0.15) is 5.54 Å². The second-order valence-electron chi connectivity index (χ2n) is 2.79. The van der Waals surface area contributed by atoms with Gasteiger partial charge in [-0.15, -0.1) is 6.58 Å². The van der Waals surface area contributed by atoms with Gasteiger partial charge in [-0.25, -0.2) is 0 Å². The van der Waals surface area contributed by atoms with Crippen molar-refractivity contribution in [2.45, 2.75) is 12.0 Å². The molecular formula is C7H9N2O2. The highest BCUT2D eigenvalue weighted by Crippen LogP contribution is 2.53. The molecule has 0 aromatic carbocycles. The molecule has 1 radical (unpaired) electrons. The molecule has 59 valence electrons. The van der Waals surface area contributed by atoms with Crippen LogP contribution in [-0.4, -0.2) is 17.7 Å². The molecule has 0 aromatic rings. The Morgan fingerprint density at radius 3 is 2.36 bits per heavy atom. The van der Waals surface area contributed by atoms with Crippen molar-refractivity contribution in [3.8, 4) is 0 Å². The maximum atomic E-state index is 10.8. The minimum absolute atomic E-state index is 0.225. The van der Waals surface area contributed by atoms with Gasteiger partial charge in [0.15, 0.2) is 0 Å². The van der Waals surface area contributed by atoms with Gasteiger partial charge in [-0.2, -0.15) is 0 Å². The molecule has 1 aliphatic rings. The van der Waals surface area contributed by atoms with Gasteiger partial charge in [-0.3, -0.25) is 9.59 Å². The Hall–Kier alpha value is -1.16. The lowest BCUT2D eigenvalue weighted by atomic mass is 10.0. The molecule has 0 heterocycles. The van der Waals surface area contributed by atoms with Gasteiger partial charge in [-0.1, -0.05) is 6.08 Å². The molecule has 0 spiro atoms. The van der Waals surface area contributed by atoms with Crippen LogP contribution >= 0.6 is 0 Å². The van der Waals surface area contributed by atoms with E-state index in [4.69, 9.17) is 11.5 Å². The monoisotopic (exact) mass is 153 g/mol. The number of carbonyl (C=O) groups excluding carboxylic acids is 2. The molecule has 4 heteroatoms.